The Hall–Kier alpha value is -1.88. The second-order valence-corrected chi connectivity index (χ2v) is 6.36. The van der Waals surface area contributed by atoms with E-state index in [0.717, 1.165) is 24.9 Å². The Morgan fingerprint density at radius 3 is 2.59 bits per heavy atom. The number of hydrogen-bond donors (Lipinski definition) is 2. The minimum absolute atomic E-state index is 0.0133. The van der Waals surface area contributed by atoms with E-state index < -0.39 is 0 Å². The Labute approximate surface area is 130 Å². The zero-order chi connectivity index (χ0) is 15.7. The first-order valence-electron chi connectivity index (χ1n) is 7.93. The molecule has 1 saturated carbocycles. The van der Waals surface area contributed by atoms with Crippen LogP contribution in [-0.2, 0) is 4.79 Å². The minimum Gasteiger partial charge on any atom is -0.394 e. The van der Waals surface area contributed by atoms with Crippen LogP contribution in [0.4, 0.5) is 5.69 Å². The van der Waals surface area contributed by atoms with E-state index in [1.807, 2.05) is 0 Å². The lowest BCUT2D eigenvalue weighted by Gasteiger charge is -2.23. The second-order valence-electron chi connectivity index (χ2n) is 6.36. The lowest BCUT2D eigenvalue weighted by Crippen LogP contribution is -2.37. The number of amides is 2. The average molecular weight is 302 g/mol. The van der Waals surface area contributed by atoms with Gasteiger partial charge >= 0.3 is 0 Å². The second kappa shape index (κ2) is 6.08. The van der Waals surface area contributed by atoms with Crippen molar-refractivity contribution in [2.24, 2.45) is 11.8 Å². The molecule has 1 heterocycles. The molecule has 3 rings (SSSR count). The molecule has 2 amide bonds. The van der Waals surface area contributed by atoms with E-state index in [1.165, 1.54) is 0 Å². The van der Waals surface area contributed by atoms with Crippen LogP contribution in [0.5, 0.6) is 0 Å². The lowest BCUT2D eigenvalue weighted by molar-refractivity contribution is -0.117. The molecule has 1 aliphatic heterocycles. The highest BCUT2D eigenvalue weighted by Crippen LogP contribution is 2.38. The molecule has 3 atom stereocenters. The number of benzene rings is 1. The van der Waals surface area contributed by atoms with Crippen LogP contribution < -0.4 is 5.32 Å². The molecule has 1 saturated heterocycles. The molecule has 1 aromatic carbocycles. The molecule has 0 unspecified atom stereocenters. The molecular weight excluding hydrogens is 280 g/mol. The van der Waals surface area contributed by atoms with Crippen molar-refractivity contribution < 1.29 is 14.7 Å². The van der Waals surface area contributed by atoms with Gasteiger partial charge in [-0.15, -0.1) is 0 Å². The number of likely N-dealkylation sites (tertiary alicyclic amines) is 1. The van der Waals surface area contributed by atoms with Crippen molar-refractivity contribution in [2.75, 3.05) is 18.5 Å². The van der Waals surface area contributed by atoms with E-state index in [2.05, 4.69) is 12.2 Å². The van der Waals surface area contributed by atoms with E-state index in [-0.39, 0.29) is 30.4 Å². The van der Waals surface area contributed by atoms with Crippen molar-refractivity contribution in [2.45, 2.75) is 32.2 Å². The fourth-order valence-corrected chi connectivity index (χ4v) is 3.08. The predicted octanol–water partition coefficient (Wildman–Crippen LogP) is 1.88. The van der Waals surface area contributed by atoms with E-state index in [4.69, 9.17) is 0 Å². The van der Waals surface area contributed by atoms with E-state index in [9.17, 15) is 14.7 Å². The maximum absolute atomic E-state index is 12.4. The minimum atomic E-state index is -0.0665. The third kappa shape index (κ3) is 2.99. The van der Waals surface area contributed by atoms with Crippen LogP contribution in [0.2, 0.25) is 0 Å². The quantitative estimate of drug-likeness (QED) is 0.892. The van der Waals surface area contributed by atoms with Crippen LogP contribution >= 0.6 is 0 Å². The third-order valence-corrected chi connectivity index (χ3v) is 4.69. The van der Waals surface area contributed by atoms with Crippen LogP contribution in [0.15, 0.2) is 24.3 Å². The number of aliphatic hydroxyl groups excluding tert-OH is 1. The molecular formula is C17H22N2O3. The molecule has 22 heavy (non-hydrogen) atoms. The van der Waals surface area contributed by atoms with Crippen molar-refractivity contribution in [1.29, 1.82) is 0 Å². The molecule has 5 nitrogen and oxygen atoms in total. The molecule has 118 valence electrons. The summed E-state index contributed by atoms with van der Waals surface area (Å²) in [6.07, 6.45) is 2.75. The van der Waals surface area contributed by atoms with E-state index in [1.54, 1.807) is 29.2 Å². The molecule has 0 radical (unpaired) electrons. The largest absolute Gasteiger partial charge is 0.394 e. The Morgan fingerprint density at radius 1 is 1.32 bits per heavy atom. The Bertz CT molecular complexity index is 570. The summed E-state index contributed by atoms with van der Waals surface area (Å²) in [5, 5.41) is 12.2. The average Bonchev–Trinajstić information content (AvgIpc) is 3.08. The van der Waals surface area contributed by atoms with Gasteiger partial charge in [0.05, 0.1) is 12.6 Å². The van der Waals surface area contributed by atoms with Gasteiger partial charge in [0.2, 0.25) is 5.91 Å². The molecule has 0 spiro atoms. The summed E-state index contributed by atoms with van der Waals surface area (Å²) in [6.45, 7) is 2.78. The van der Waals surface area contributed by atoms with E-state index in [0.29, 0.717) is 18.0 Å². The van der Waals surface area contributed by atoms with Crippen molar-refractivity contribution in [1.82, 2.24) is 4.90 Å². The lowest BCUT2D eigenvalue weighted by atomic mass is 10.1. The first kappa shape index (κ1) is 15.0. The van der Waals surface area contributed by atoms with Gasteiger partial charge in [-0.2, -0.15) is 0 Å². The fourth-order valence-electron chi connectivity index (χ4n) is 3.08. The van der Waals surface area contributed by atoms with Crippen LogP contribution in [0, 0.1) is 11.8 Å². The highest BCUT2D eigenvalue weighted by molar-refractivity contribution is 5.97. The van der Waals surface area contributed by atoms with Crippen molar-refractivity contribution in [3.63, 3.8) is 0 Å². The number of nitrogens with zero attached hydrogens (tertiary/aromatic N) is 1. The van der Waals surface area contributed by atoms with Crippen LogP contribution in [0.3, 0.4) is 0 Å². The summed E-state index contributed by atoms with van der Waals surface area (Å²) in [7, 11) is 0. The zero-order valence-corrected chi connectivity index (χ0v) is 12.8. The first-order chi connectivity index (χ1) is 10.6. The van der Waals surface area contributed by atoms with Gasteiger partial charge in [0.1, 0.15) is 0 Å². The predicted molar refractivity (Wildman–Crippen MR) is 83.5 cm³/mol. The first-order valence-corrected chi connectivity index (χ1v) is 7.93. The molecule has 2 aliphatic rings. The topological polar surface area (TPSA) is 69.6 Å². The van der Waals surface area contributed by atoms with Gasteiger partial charge in [0, 0.05) is 23.7 Å². The summed E-state index contributed by atoms with van der Waals surface area (Å²) in [6, 6.07) is 6.94. The number of anilines is 1. The number of aliphatic hydroxyl groups is 1. The summed E-state index contributed by atoms with van der Waals surface area (Å²) >= 11 is 0. The maximum atomic E-state index is 12.4. The standard InChI is InChI=1S/C17H22N2O3/c1-11-9-15(11)16(21)18-13-6-4-12(5-7-13)17(22)19-8-2-3-14(19)10-20/h4-7,11,14-15,20H,2-3,8-10H2,1H3,(H,18,21)/t11-,14-,15+/m1/s1. The number of carbonyl (C=O) groups is 2. The summed E-state index contributed by atoms with van der Waals surface area (Å²) < 4.78 is 0. The highest BCUT2D eigenvalue weighted by Gasteiger charge is 2.39. The number of nitrogens with one attached hydrogen (secondary N) is 1. The van der Waals surface area contributed by atoms with Crippen molar-refractivity contribution >= 4 is 17.5 Å². The third-order valence-electron chi connectivity index (χ3n) is 4.69. The molecule has 5 heteroatoms. The number of hydrogen-bond acceptors (Lipinski definition) is 3. The van der Waals surface area contributed by atoms with Gasteiger partial charge in [-0.25, -0.2) is 0 Å². The smallest absolute Gasteiger partial charge is 0.254 e. The molecule has 2 fully saturated rings. The maximum Gasteiger partial charge on any atom is 0.254 e. The van der Waals surface area contributed by atoms with Crippen LogP contribution in [0.1, 0.15) is 36.5 Å². The van der Waals surface area contributed by atoms with Crippen LogP contribution in [0.25, 0.3) is 0 Å². The van der Waals surface area contributed by atoms with Gasteiger partial charge in [0.15, 0.2) is 0 Å². The summed E-state index contributed by atoms with van der Waals surface area (Å²) in [5.74, 6) is 0.624. The van der Waals surface area contributed by atoms with Crippen molar-refractivity contribution in [3.05, 3.63) is 29.8 Å². The number of carbonyl (C=O) groups excluding carboxylic acids is 2. The van der Waals surface area contributed by atoms with Gasteiger partial charge in [-0.3, -0.25) is 9.59 Å². The van der Waals surface area contributed by atoms with Gasteiger partial charge in [0.25, 0.3) is 5.91 Å². The van der Waals surface area contributed by atoms with Crippen molar-refractivity contribution in [3.8, 4) is 0 Å². The molecule has 2 N–H and O–H groups in total. The summed E-state index contributed by atoms with van der Waals surface area (Å²) in [4.78, 5) is 26.1. The Kier molecular flexibility index (Phi) is 4.16. The molecule has 0 aromatic heterocycles. The normalized spacial score (nSPS) is 26.8. The number of rotatable bonds is 4. The fraction of sp³-hybridized carbons (Fsp3) is 0.529. The zero-order valence-electron chi connectivity index (χ0n) is 12.8. The molecule has 1 aromatic rings. The van der Waals surface area contributed by atoms with Gasteiger partial charge in [-0.05, 0) is 49.4 Å². The highest BCUT2D eigenvalue weighted by atomic mass is 16.3. The molecule has 0 bridgehead atoms. The SMILES string of the molecule is C[C@@H]1C[C@@H]1C(=O)Nc1ccc(C(=O)N2CCC[C@@H]2CO)cc1. The van der Waals surface area contributed by atoms with Gasteiger partial charge in [-0.1, -0.05) is 6.92 Å². The van der Waals surface area contributed by atoms with E-state index >= 15 is 0 Å². The van der Waals surface area contributed by atoms with Crippen LogP contribution in [-0.4, -0.2) is 41.0 Å². The molecule has 1 aliphatic carbocycles. The Morgan fingerprint density at radius 2 is 2.00 bits per heavy atom. The monoisotopic (exact) mass is 302 g/mol. The Balaban J connectivity index is 1.63. The van der Waals surface area contributed by atoms with Gasteiger partial charge < -0.3 is 15.3 Å². The summed E-state index contributed by atoms with van der Waals surface area (Å²) in [5.41, 5.74) is 1.32.